The summed E-state index contributed by atoms with van der Waals surface area (Å²) in [7, 11) is 1.63. The lowest BCUT2D eigenvalue weighted by Gasteiger charge is -2.19. The molecule has 0 bridgehead atoms. The molecular weight excluding hydrogens is 417 g/mol. The molecule has 0 aliphatic heterocycles. The topological polar surface area (TPSA) is 65.5 Å². The number of ether oxygens (including phenoxy) is 1. The van der Waals surface area contributed by atoms with Gasteiger partial charge in [-0.05, 0) is 61.3 Å². The maximum atomic E-state index is 5.57. The first-order valence-electron chi connectivity index (χ1n) is 7.37. The van der Waals surface area contributed by atoms with E-state index in [1.807, 2.05) is 38.1 Å². The highest BCUT2D eigenvalue weighted by atomic mass is 32.9. The summed E-state index contributed by atoms with van der Waals surface area (Å²) in [4.78, 5) is 0. The quantitative estimate of drug-likeness (QED) is 0.459. The lowest BCUT2D eigenvalue weighted by molar-refractivity contribution is 0.281. The van der Waals surface area contributed by atoms with Gasteiger partial charge in [-0.3, -0.25) is 0 Å². The molecule has 0 aliphatic rings. The summed E-state index contributed by atoms with van der Waals surface area (Å²) < 4.78 is 16.8. The molecule has 11 heteroatoms. The highest BCUT2D eigenvalue weighted by Gasteiger charge is 2.22. The van der Waals surface area contributed by atoms with Crippen molar-refractivity contribution < 1.29 is 13.8 Å². The maximum Gasteiger partial charge on any atom is 0.254 e. The third kappa shape index (κ3) is 6.25. The SMILES string of the molecule is CCOP(=S)(OCC)SC(=S)Nc1nnc(-c2ccc(OC)cc2)s1. The maximum absolute atomic E-state index is 5.57. The number of nitrogens with zero attached hydrogens (tertiary/aromatic N) is 2. The summed E-state index contributed by atoms with van der Waals surface area (Å²) in [6.45, 7) is 4.71. The van der Waals surface area contributed by atoms with Crippen molar-refractivity contribution in [1.29, 1.82) is 0 Å². The van der Waals surface area contributed by atoms with Gasteiger partial charge < -0.3 is 19.1 Å². The molecule has 25 heavy (non-hydrogen) atoms. The van der Waals surface area contributed by atoms with Crippen molar-refractivity contribution >= 4 is 61.9 Å². The molecule has 2 rings (SSSR count). The van der Waals surface area contributed by atoms with Crippen LogP contribution in [0.1, 0.15) is 13.8 Å². The molecule has 1 N–H and O–H groups in total. The van der Waals surface area contributed by atoms with Crippen molar-refractivity contribution in [3.63, 3.8) is 0 Å². The first kappa shape index (κ1) is 20.7. The van der Waals surface area contributed by atoms with Gasteiger partial charge in [0.25, 0.3) is 5.69 Å². The van der Waals surface area contributed by atoms with Crippen LogP contribution in [0.5, 0.6) is 5.75 Å². The van der Waals surface area contributed by atoms with Crippen LogP contribution in [0.2, 0.25) is 0 Å². The van der Waals surface area contributed by atoms with Gasteiger partial charge in [-0.25, -0.2) is 0 Å². The monoisotopic (exact) mass is 435 g/mol. The average Bonchev–Trinajstić information content (AvgIpc) is 3.03. The van der Waals surface area contributed by atoms with E-state index in [9.17, 15) is 0 Å². The Labute approximate surface area is 165 Å². The van der Waals surface area contributed by atoms with Gasteiger partial charge in [0.15, 0.2) is 0 Å². The van der Waals surface area contributed by atoms with Crippen molar-refractivity contribution in [1.82, 2.24) is 10.2 Å². The predicted molar refractivity (Wildman–Crippen MR) is 113 cm³/mol. The minimum absolute atomic E-state index is 0.461. The summed E-state index contributed by atoms with van der Waals surface area (Å²) in [5.41, 5.74) is -1.53. The zero-order chi connectivity index (χ0) is 18.3. The van der Waals surface area contributed by atoms with Crippen LogP contribution in [-0.2, 0) is 20.9 Å². The molecule has 0 aliphatic carbocycles. The second kappa shape index (κ2) is 9.91. The molecule has 1 aromatic heterocycles. The van der Waals surface area contributed by atoms with Crippen molar-refractivity contribution in [2.75, 3.05) is 25.6 Å². The molecule has 6 nitrogen and oxygen atoms in total. The van der Waals surface area contributed by atoms with Gasteiger partial charge in [0.2, 0.25) is 5.13 Å². The molecule has 0 unspecified atom stereocenters. The summed E-state index contributed by atoms with van der Waals surface area (Å²) in [5.74, 6) is 0.793. The van der Waals surface area contributed by atoms with Crippen molar-refractivity contribution in [3.8, 4) is 16.3 Å². The Kier molecular flexibility index (Phi) is 8.21. The number of aromatic nitrogens is 2. The fourth-order valence-electron chi connectivity index (χ4n) is 1.74. The zero-order valence-corrected chi connectivity index (χ0v) is 18.1. The second-order valence-corrected chi connectivity index (χ2v) is 12.2. The lowest BCUT2D eigenvalue weighted by Crippen LogP contribution is -2.05. The molecule has 0 spiro atoms. The standard InChI is InChI=1S/C14H18N3O3PS4/c1-4-19-21(23,20-5-2)25-14(22)15-13-17-16-12(24-13)10-6-8-11(18-3)9-7-10/h6-9H,4-5H2,1-3H3,(H,15,17,22). The summed E-state index contributed by atoms with van der Waals surface area (Å²) in [5, 5.41) is 12.7. The smallest absolute Gasteiger partial charge is 0.254 e. The van der Waals surface area contributed by atoms with E-state index in [0.717, 1.165) is 16.3 Å². The van der Waals surface area contributed by atoms with Crippen LogP contribution in [0.25, 0.3) is 10.6 Å². The molecule has 0 saturated heterocycles. The fourth-order valence-corrected chi connectivity index (χ4v) is 8.18. The lowest BCUT2D eigenvalue weighted by atomic mass is 10.2. The summed E-state index contributed by atoms with van der Waals surface area (Å²) in [6.07, 6.45) is 0. The van der Waals surface area contributed by atoms with Crippen molar-refractivity contribution in [2.45, 2.75) is 13.8 Å². The number of methoxy groups -OCH3 is 1. The van der Waals surface area contributed by atoms with E-state index < -0.39 is 5.69 Å². The number of anilines is 1. The van der Waals surface area contributed by atoms with Crippen LogP contribution >= 0.6 is 40.6 Å². The summed E-state index contributed by atoms with van der Waals surface area (Å²) >= 11 is 13.4. The van der Waals surface area contributed by atoms with Crippen LogP contribution in [0, 0.1) is 0 Å². The molecule has 2 aromatic rings. The van der Waals surface area contributed by atoms with Crippen LogP contribution in [0.15, 0.2) is 24.3 Å². The van der Waals surface area contributed by atoms with E-state index in [-0.39, 0.29) is 0 Å². The number of hydrogen-bond donors (Lipinski definition) is 1. The van der Waals surface area contributed by atoms with E-state index in [1.54, 1.807) is 7.11 Å². The van der Waals surface area contributed by atoms with E-state index >= 15 is 0 Å². The molecule has 0 saturated carbocycles. The Morgan fingerprint density at radius 3 is 2.40 bits per heavy atom. The minimum atomic E-state index is -2.48. The van der Waals surface area contributed by atoms with Crippen molar-refractivity contribution in [3.05, 3.63) is 24.3 Å². The normalized spacial score (nSPS) is 11.3. The highest BCUT2D eigenvalue weighted by molar-refractivity contribution is 8.75. The Hall–Kier alpha value is -0.610. The van der Waals surface area contributed by atoms with E-state index in [1.165, 1.54) is 22.7 Å². The van der Waals surface area contributed by atoms with Gasteiger partial charge in [0, 0.05) is 5.56 Å². The number of nitrogens with one attached hydrogen (secondary N) is 1. The van der Waals surface area contributed by atoms with Crippen LogP contribution < -0.4 is 10.1 Å². The van der Waals surface area contributed by atoms with Gasteiger partial charge in [0.1, 0.15) is 15.1 Å². The molecule has 1 heterocycles. The molecule has 136 valence electrons. The third-order valence-electron chi connectivity index (χ3n) is 2.74. The van der Waals surface area contributed by atoms with Crippen LogP contribution in [0.3, 0.4) is 0 Å². The average molecular weight is 436 g/mol. The Balaban J connectivity index is 2.02. The van der Waals surface area contributed by atoms with Gasteiger partial charge in [-0.1, -0.05) is 23.6 Å². The molecule has 0 fully saturated rings. The molecule has 0 radical (unpaired) electrons. The van der Waals surface area contributed by atoms with E-state index in [4.69, 9.17) is 37.8 Å². The second-order valence-electron chi connectivity index (χ2n) is 4.43. The van der Waals surface area contributed by atoms with E-state index in [2.05, 4.69) is 15.5 Å². The Morgan fingerprint density at radius 1 is 1.20 bits per heavy atom. The van der Waals surface area contributed by atoms with Gasteiger partial charge in [-0.15, -0.1) is 10.2 Å². The van der Waals surface area contributed by atoms with E-state index in [0.29, 0.717) is 22.7 Å². The zero-order valence-electron chi connectivity index (χ0n) is 13.9. The van der Waals surface area contributed by atoms with Gasteiger partial charge in [-0.2, -0.15) is 0 Å². The van der Waals surface area contributed by atoms with Crippen molar-refractivity contribution in [2.24, 2.45) is 0 Å². The van der Waals surface area contributed by atoms with Gasteiger partial charge in [0.05, 0.1) is 20.3 Å². The summed E-state index contributed by atoms with van der Waals surface area (Å²) in [6, 6.07) is 7.62. The minimum Gasteiger partial charge on any atom is -0.497 e. The number of thiocarbonyl (C=S) groups is 1. The molecular formula is C14H18N3O3PS4. The largest absolute Gasteiger partial charge is 0.497 e. The third-order valence-corrected chi connectivity index (χ3v) is 9.15. The molecule has 0 atom stereocenters. The number of rotatable bonds is 8. The van der Waals surface area contributed by atoms with Crippen LogP contribution in [-0.4, -0.2) is 34.8 Å². The number of benzene rings is 1. The first-order chi connectivity index (χ1) is 12.0. The molecule has 1 aromatic carbocycles. The van der Waals surface area contributed by atoms with Gasteiger partial charge >= 0.3 is 0 Å². The van der Waals surface area contributed by atoms with Crippen LogP contribution in [0.4, 0.5) is 5.13 Å². The molecule has 0 amide bonds. The predicted octanol–water partition coefficient (Wildman–Crippen LogP) is 4.94. The first-order valence-corrected chi connectivity index (χ1v) is 12.7. The fraction of sp³-hybridized carbons (Fsp3) is 0.357. The Morgan fingerprint density at radius 2 is 1.84 bits per heavy atom. The number of hydrogen-bond acceptors (Lipinski definition) is 9. The Bertz CT molecular complexity index is 744. The highest BCUT2D eigenvalue weighted by Crippen LogP contribution is 2.61.